The summed E-state index contributed by atoms with van der Waals surface area (Å²) in [5.41, 5.74) is 0.802. The lowest BCUT2D eigenvalue weighted by Gasteiger charge is -2.19. The lowest BCUT2D eigenvalue weighted by atomic mass is 10.1. The van der Waals surface area contributed by atoms with Crippen LogP contribution in [0.1, 0.15) is 73.5 Å². The summed E-state index contributed by atoms with van der Waals surface area (Å²) in [6, 6.07) is 8.08. The zero-order chi connectivity index (χ0) is 31.2. The van der Waals surface area contributed by atoms with Crippen LogP contribution in [-0.2, 0) is 39.9 Å². The number of carbonyl (C=O) groups is 6. The molecular weight excluding hydrogens is 530 g/mol. The first-order valence-electron chi connectivity index (χ1n) is 14.1. The fraction of sp³-hybridized carbons (Fsp3) is 0.586. The van der Waals surface area contributed by atoms with E-state index in [2.05, 4.69) is 26.6 Å². The molecule has 0 aliphatic heterocycles. The summed E-state index contributed by atoms with van der Waals surface area (Å²) < 4.78 is 5.65. The van der Waals surface area contributed by atoms with Gasteiger partial charge in [0.2, 0.25) is 29.5 Å². The SMILES string of the molecule is CC.CCNC(=O)CNC(=O)[C@H](Cc1ccccc1)NC(=O)CNC(=O)CNC(=O)CCC(C)OC(C)CC(C)=O.[HH].[HH].[HH].[HH].[HH]. The van der Waals surface area contributed by atoms with Crippen LogP contribution < -0.4 is 26.6 Å². The van der Waals surface area contributed by atoms with E-state index in [4.69, 9.17) is 4.74 Å². The molecule has 2 unspecified atom stereocenters. The maximum Gasteiger partial charge on any atom is 0.243 e. The average Bonchev–Trinajstić information content (AvgIpc) is 2.93. The topological polar surface area (TPSA) is 172 Å². The number of ether oxygens (including phenoxy) is 1. The Hall–Kier alpha value is -3.80. The summed E-state index contributed by atoms with van der Waals surface area (Å²) in [6.07, 6.45) is 0.573. The molecule has 0 saturated heterocycles. The number of likely N-dealkylation sites (N-methyl/N-ethyl adjacent to an activating group) is 1. The summed E-state index contributed by atoms with van der Waals surface area (Å²) >= 11 is 0. The van der Waals surface area contributed by atoms with Crippen molar-refractivity contribution >= 4 is 35.3 Å². The maximum atomic E-state index is 12.7. The molecule has 12 heteroatoms. The van der Waals surface area contributed by atoms with Crippen molar-refractivity contribution in [2.24, 2.45) is 0 Å². The number of ketones is 1. The van der Waals surface area contributed by atoms with Gasteiger partial charge in [-0.05, 0) is 39.7 Å². The van der Waals surface area contributed by atoms with Crippen molar-refractivity contribution in [1.82, 2.24) is 26.6 Å². The molecule has 0 saturated carbocycles. The predicted molar refractivity (Wildman–Crippen MR) is 166 cm³/mol. The first kappa shape index (κ1) is 37.2. The minimum Gasteiger partial charge on any atom is -0.375 e. The van der Waals surface area contributed by atoms with E-state index >= 15 is 0 Å². The molecule has 0 heterocycles. The van der Waals surface area contributed by atoms with Gasteiger partial charge in [0.25, 0.3) is 0 Å². The van der Waals surface area contributed by atoms with Crippen LogP contribution in [0.3, 0.4) is 0 Å². The highest BCUT2D eigenvalue weighted by atomic mass is 16.5. The van der Waals surface area contributed by atoms with E-state index in [-0.39, 0.29) is 62.9 Å². The van der Waals surface area contributed by atoms with Gasteiger partial charge < -0.3 is 31.3 Å². The van der Waals surface area contributed by atoms with Gasteiger partial charge in [-0.15, -0.1) is 0 Å². The normalized spacial score (nSPS) is 12.3. The molecule has 1 aromatic carbocycles. The van der Waals surface area contributed by atoms with E-state index in [1.807, 2.05) is 19.9 Å². The molecule has 1 aromatic rings. The molecule has 0 spiro atoms. The predicted octanol–water partition coefficient (Wildman–Crippen LogP) is 2.01. The Morgan fingerprint density at radius 2 is 1.34 bits per heavy atom. The van der Waals surface area contributed by atoms with Crippen LogP contribution in [0.5, 0.6) is 0 Å². The van der Waals surface area contributed by atoms with E-state index in [9.17, 15) is 28.8 Å². The third-order valence-corrected chi connectivity index (χ3v) is 5.44. The monoisotopic (exact) mass is 587 g/mol. The Morgan fingerprint density at radius 3 is 1.95 bits per heavy atom. The van der Waals surface area contributed by atoms with Gasteiger partial charge in [0.1, 0.15) is 11.8 Å². The van der Waals surface area contributed by atoms with Crippen LogP contribution >= 0.6 is 0 Å². The molecule has 3 atom stereocenters. The number of benzene rings is 1. The van der Waals surface area contributed by atoms with Gasteiger partial charge in [0.15, 0.2) is 0 Å². The molecule has 0 aliphatic carbocycles. The van der Waals surface area contributed by atoms with Crippen molar-refractivity contribution in [3.05, 3.63) is 35.9 Å². The molecule has 5 amide bonds. The second kappa shape index (κ2) is 22.0. The molecule has 41 heavy (non-hydrogen) atoms. The van der Waals surface area contributed by atoms with Crippen LogP contribution in [-0.4, -0.2) is 79.7 Å². The largest absolute Gasteiger partial charge is 0.375 e. The second-order valence-corrected chi connectivity index (χ2v) is 9.24. The number of nitrogens with one attached hydrogen (secondary N) is 5. The highest BCUT2D eigenvalue weighted by Gasteiger charge is 2.22. The smallest absolute Gasteiger partial charge is 0.243 e. The highest BCUT2D eigenvalue weighted by molar-refractivity contribution is 5.92. The van der Waals surface area contributed by atoms with Crippen molar-refractivity contribution in [1.29, 1.82) is 0 Å². The minimum atomic E-state index is -0.965. The molecule has 0 bridgehead atoms. The zero-order valence-electron chi connectivity index (χ0n) is 25.1. The summed E-state index contributed by atoms with van der Waals surface area (Å²) in [7, 11) is 0. The zero-order valence-corrected chi connectivity index (χ0v) is 25.1. The quantitative estimate of drug-likeness (QED) is 0.175. The Kier molecular flexibility index (Phi) is 19.9. The average molecular weight is 588 g/mol. The van der Waals surface area contributed by atoms with Crippen LogP contribution in [0, 0.1) is 0 Å². The Balaban J connectivity index is -0.000000559. The number of carbonyl (C=O) groups excluding carboxylic acids is 6. The first-order valence-corrected chi connectivity index (χ1v) is 14.1. The molecule has 0 fully saturated rings. The number of rotatable bonds is 18. The molecule has 1 rings (SSSR count). The Morgan fingerprint density at radius 1 is 0.780 bits per heavy atom. The van der Waals surface area contributed by atoms with Crippen LogP contribution in [0.15, 0.2) is 30.3 Å². The lowest BCUT2D eigenvalue weighted by molar-refractivity contribution is -0.131. The summed E-state index contributed by atoms with van der Waals surface area (Å²) in [5, 5.41) is 12.5. The van der Waals surface area contributed by atoms with Gasteiger partial charge in [0, 0.05) is 32.9 Å². The van der Waals surface area contributed by atoms with Crippen LogP contribution in [0.25, 0.3) is 0 Å². The van der Waals surface area contributed by atoms with Gasteiger partial charge >= 0.3 is 0 Å². The number of hydrogen-bond acceptors (Lipinski definition) is 7. The first-order chi connectivity index (χ1) is 19.5. The molecule has 240 valence electrons. The standard InChI is InChI=1S/C27H41N5O7.C2H6.5H2/c1-5-28-24(35)16-31-27(38)22(14-21-9-7-6-8-10-21)32-26(37)17-30-25(36)15-29-23(34)12-11-19(3)39-20(4)13-18(2)33;1-2;;;;;/h6-10,19-20,22H,5,11-17H2,1-4H3,(H,28,35)(H,29,34)(H,30,36)(H,31,38)(H,32,37);1-2H3;5*1H/t19?,20?,22-;;;;;;/m0....../s1. The molecule has 5 N–H and O–H groups in total. The van der Waals surface area contributed by atoms with Gasteiger partial charge in [-0.1, -0.05) is 44.2 Å². The van der Waals surface area contributed by atoms with E-state index in [0.29, 0.717) is 19.4 Å². The Labute approximate surface area is 250 Å². The van der Waals surface area contributed by atoms with Crippen molar-refractivity contribution in [2.45, 2.75) is 85.5 Å². The van der Waals surface area contributed by atoms with Gasteiger partial charge in [0.05, 0.1) is 31.8 Å². The van der Waals surface area contributed by atoms with Gasteiger partial charge in [-0.25, -0.2) is 0 Å². The van der Waals surface area contributed by atoms with Crippen molar-refractivity contribution in [3.8, 4) is 0 Å². The summed E-state index contributed by atoms with van der Waals surface area (Å²) in [6.45, 7) is 10.3. The van der Waals surface area contributed by atoms with Crippen molar-refractivity contribution in [2.75, 3.05) is 26.2 Å². The molecule has 0 aliphatic rings. The van der Waals surface area contributed by atoms with E-state index in [0.717, 1.165) is 5.56 Å². The third-order valence-electron chi connectivity index (χ3n) is 5.44. The van der Waals surface area contributed by atoms with Crippen LogP contribution in [0.4, 0.5) is 0 Å². The van der Waals surface area contributed by atoms with Crippen molar-refractivity contribution < 1.29 is 40.6 Å². The summed E-state index contributed by atoms with van der Waals surface area (Å²) in [4.78, 5) is 72.1. The summed E-state index contributed by atoms with van der Waals surface area (Å²) in [5.74, 6) is -2.39. The van der Waals surface area contributed by atoms with E-state index < -0.39 is 30.3 Å². The molecule has 0 radical (unpaired) electrons. The third kappa shape index (κ3) is 19.0. The van der Waals surface area contributed by atoms with Crippen LogP contribution in [0.2, 0.25) is 0 Å². The molecule has 0 aromatic heterocycles. The van der Waals surface area contributed by atoms with Crippen molar-refractivity contribution in [3.63, 3.8) is 0 Å². The number of hydrogen-bond donors (Lipinski definition) is 5. The van der Waals surface area contributed by atoms with E-state index in [1.54, 1.807) is 45.0 Å². The highest BCUT2D eigenvalue weighted by Crippen LogP contribution is 2.08. The molecule has 12 nitrogen and oxygen atoms in total. The Bertz CT molecular complexity index is 994. The lowest BCUT2D eigenvalue weighted by Crippen LogP contribution is -2.52. The number of amides is 5. The fourth-order valence-corrected chi connectivity index (χ4v) is 3.62. The maximum absolute atomic E-state index is 12.7. The second-order valence-electron chi connectivity index (χ2n) is 9.24. The minimum absolute atomic E-state index is 0. The fourth-order valence-electron chi connectivity index (χ4n) is 3.62. The van der Waals surface area contributed by atoms with E-state index in [1.165, 1.54) is 6.92 Å². The van der Waals surface area contributed by atoms with Gasteiger partial charge in [-0.3, -0.25) is 28.8 Å². The molecular formula is C29H57N5O7. The van der Waals surface area contributed by atoms with Gasteiger partial charge in [-0.2, -0.15) is 0 Å². The number of Topliss-reactive ketones (excluding diaryl/α,β-unsaturated/α-hetero) is 1.